The van der Waals surface area contributed by atoms with E-state index in [1.165, 1.54) is 0 Å². The van der Waals surface area contributed by atoms with Crippen LogP contribution in [0.4, 0.5) is 0 Å². The molecule has 0 aliphatic carbocycles. The number of aliphatic hydroxyl groups excluding tert-OH is 1. The number of hydrogen-bond donors (Lipinski definition) is 1. The van der Waals surface area contributed by atoms with Gasteiger partial charge in [0.25, 0.3) is 0 Å². The highest BCUT2D eigenvalue weighted by molar-refractivity contribution is 9.10. The summed E-state index contributed by atoms with van der Waals surface area (Å²) < 4.78 is 0.681. The van der Waals surface area contributed by atoms with Gasteiger partial charge in [-0.05, 0) is 18.2 Å². The second-order valence-electron chi connectivity index (χ2n) is 2.20. The third-order valence-electron chi connectivity index (χ3n) is 1.37. The first-order valence-electron chi connectivity index (χ1n) is 3.18. The van der Waals surface area contributed by atoms with E-state index < -0.39 is 6.10 Å². The van der Waals surface area contributed by atoms with Gasteiger partial charge in [0.1, 0.15) is 0 Å². The van der Waals surface area contributed by atoms with Crippen LogP contribution in [-0.4, -0.2) is 5.11 Å². The lowest BCUT2D eigenvalue weighted by molar-refractivity contribution is 0.235. The number of nitriles is 1. The SMILES string of the molecule is N#C[C@@H](O)c1cc(Cl)ccc1Br. The van der Waals surface area contributed by atoms with Crippen molar-refractivity contribution in [3.63, 3.8) is 0 Å². The van der Waals surface area contributed by atoms with E-state index in [0.29, 0.717) is 15.1 Å². The van der Waals surface area contributed by atoms with E-state index in [1.54, 1.807) is 24.3 Å². The van der Waals surface area contributed by atoms with E-state index in [4.69, 9.17) is 16.9 Å². The molecule has 0 heterocycles. The van der Waals surface area contributed by atoms with Gasteiger partial charge in [0.2, 0.25) is 0 Å². The van der Waals surface area contributed by atoms with Crippen LogP contribution >= 0.6 is 27.5 Å². The Morgan fingerprint density at radius 2 is 2.25 bits per heavy atom. The molecule has 0 aliphatic heterocycles. The fraction of sp³-hybridized carbons (Fsp3) is 0.125. The second kappa shape index (κ2) is 3.90. The summed E-state index contributed by atoms with van der Waals surface area (Å²) in [6, 6.07) is 6.64. The zero-order valence-electron chi connectivity index (χ0n) is 5.96. The summed E-state index contributed by atoms with van der Waals surface area (Å²) in [4.78, 5) is 0. The third-order valence-corrected chi connectivity index (χ3v) is 2.33. The van der Waals surface area contributed by atoms with Crippen molar-refractivity contribution in [3.8, 4) is 6.07 Å². The molecule has 1 N–H and O–H groups in total. The molecule has 0 unspecified atom stereocenters. The molecule has 4 heteroatoms. The third kappa shape index (κ3) is 1.98. The quantitative estimate of drug-likeness (QED) is 0.774. The molecule has 0 saturated carbocycles. The maximum atomic E-state index is 9.18. The lowest BCUT2D eigenvalue weighted by Crippen LogP contribution is -1.94. The van der Waals surface area contributed by atoms with Gasteiger partial charge in [-0.25, -0.2) is 0 Å². The zero-order valence-corrected chi connectivity index (χ0v) is 8.30. The van der Waals surface area contributed by atoms with Crippen LogP contribution in [0, 0.1) is 11.3 Å². The highest BCUT2D eigenvalue weighted by atomic mass is 79.9. The van der Waals surface area contributed by atoms with Gasteiger partial charge >= 0.3 is 0 Å². The molecule has 0 fully saturated rings. The molecule has 0 aromatic heterocycles. The molecule has 1 rings (SSSR count). The molecule has 0 amide bonds. The minimum atomic E-state index is -1.13. The molecule has 1 atom stereocenters. The van der Waals surface area contributed by atoms with E-state index in [-0.39, 0.29) is 0 Å². The fourth-order valence-electron chi connectivity index (χ4n) is 0.794. The second-order valence-corrected chi connectivity index (χ2v) is 3.49. The largest absolute Gasteiger partial charge is 0.374 e. The summed E-state index contributed by atoms with van der Waals surface area (Å²) >= 11 is 8.88. The van der Waals surface area contributed by atoms with Gasteiger partial charge < -0.3 is 5.11 Å². The van der Waals surface area contributed by atoms with Crippen LogP contribution in [0.2, 0.25) is 5.02 Å². The Morgan fingerprint density at radius 1 is 1.58 bits per heavy atom. The van der Waals surface area contributed by atoms with Gasteiger partial charge in [-0.1, -0.05) is 27.5 Å². The first-order chi connectivity index (χ1) is 5.65. The molecule has 1 aromatic rings. The Labute approximate surface area is 83.5 Å². The van der Waals surface area contributed by atoms with E-state index in [1.807, 2.05) is 0 Å². The highest BCUT2D eigenvalue weighted by Gasteiger charge is 2.09. The number of nitrogens with zero attached hydrogens (tertiary/aromatic N) is 1. The highest BCUT2D eigenvalue weighted by Crippen LogP contribution is 2.26. The van der Waals surface area contributed by atoms with Gasteiger partial charge in [0.15, 0.2) is 6.10 Å². The Kier molecular flexibility index (Phi) is 3.10. The summed E-state index contributed by atoms with van der Waals surface area (Å²) in [7, 11) is 0. The number of aliphatic hydroxyl groups is 1. The van der Waals surface area contributed by atoms with E-state index in [9.17, 15) is 5.11 Å². The lowest BCUT2D eigenvalue weighted by atomic mass is 10.1. The molecule has 0 saturated heterocycles. The van der Waals surface area contributed by atoms with Gasteiger partial charge in [0, 0.05) is 15.1 Å². The molecule has 12 heavy (non-hydrogen) atoms. The van der Waals surface area contributed by atoms with Gasteiger partial charge in [-0.15, -0.1) is 0 Å². The van der Waals surface area contributed by atoms with E-state index in [2.05, 4.69) is 15.9 Å². The standard InChI is InChI=1S/C8H5BrClNO/c9-7-2-1-5(10)3-6(7)8(12)4-11/h1-3,8,12H/t8-/m1/s1. The molecule has 0 spiro atoms. The van der Waals surface area contributed by atoms with Crippen LogP contribution in [0.5, 0.6) is 0 Å². The first-order valence-corrected chi connectivity index (χ1v) is 4.35. The normalized spacial score (nSPS) is 12.2. The summed E-state index contributed by atoms with van der Waals surface area (Å²) in [6.07, 6.45) is -1.13. The van der Waals surface area contributed by atoms with E-state index in [0.717, 1.165) is 0 Å². The summed E-state index contributed by atoms with van der Waals surface area (Å²) in [5, 5.41) is 18.1. The first kappa shape index (κ1) is 9.53. The molecule has 0 aliphatic rings. The Bertz CT molecular complexity index is 334. The molecule has 1 aromatic carbocycles. The van der Waals surface area contributed by atoms with Gasteiger partial charge in [-0.3, -0.25) is 0 Å². The fourth-order valence-corrected chi connectivity index (χ4v) is 1.44. The molecular weight excluding hydrogens is 241 g/mol. The minimum absolute atomic E-state index is 0.491. The van der Waals surface area contributed by atoms with Gasteiger partial charge in [0.05, 0.1) is 6.07 Å². The van der Waals surface area contributed by atoms with Crippen molar-refractivity contribution in [2.75, 3.05) is 0 Å². The maximum Gasteiger partial charge on any atom is 0.167 e. The minimum Gasteiger partial charge on any atom is -0.374 e. The molecule has 0 radical (unpaired) electrons. The lowest BCUT2D eigenvalue weighted by Gasteiger charge is -2.04. The average Bonchev–Trinajstić information content (AvgIpc) is 2.08. The summed E-state index contributed by atoms with van der Waals surface area (Å²) in [6.45, 7) is 0. The number of benzene rings is 1. The Morgan fingerprint density at radius 3 is 2.83 bits per heavy atom. The average molecular weight is 246 g/mol. The predicted octanol–water partition coefficient (Wildman–Crippen LogP) is 2.66. The topological polar surface area (TPSA) is 44.0 Å². The monoisotopic (exact) mass is 245 g/mol. The van der Waals surface area contributed by atoms with Crippen molar-refractivity contribution in [1.29, 1.82) is 5.26 Å². The smallest absolute Gasteiger partial charge is 0.167 e. The van der Waals surface area contributed by atoms with Gasteiger partial charge in [-0.2, -0.15) is 5.26 Å². The zero-order chi connectivity index (χ0) is 9.14. The molecule has 0 bridgehead atoms. The van der Waals surface area contributed by atoms with Crippen molar-refractivity contribution in [2.45, 2.75) is 6.10 Å². The van der Waals surface area contributed by atoms with Crippen LogP contribution < -0.4 is 0 Å². The van der Waals surface area contributed by atoms with E-state index >= 15 is 0 Å². The van der Waals surface area contributed by atoms with Crippen LogP contribution in [0.25, 0.3) is 0 Å². The Hall–Kier alpha value is -0.560. The number of halogens is 2. The number of hydrogen-bond acceptors (Lipinski definition) is 2. The van der Waals surface area contributed by atoms with Crippen molar-refractivity contribution >= 4 is 27.5 Å². The van der Waals surface area contributed by atoms with Crippen LogP contribution in [-0.2, 0) is 0 Å². The van der Waals surface area contributed by atoms with Crippen molar-refractivity contribution in [1.82, 2.24) is 0 Å². The van der Waals surface area contributed by atoms with Crippen molar-refractivity contribution in [2.24, 2.45) is 0 Å². The van der Waals surface area contributed by atoms with Crippen LogP contribution in [0.15, 0.2) is 22.7 Å². The summed E-state index contributed by atoms with van der Waals surface area (Å²) in [5.41, 5.74) is 0.491. The molecule has 62 valence electrons. The predicted molar refractivity (Wildman–Crippen MR) is 49.7 cm³/mol. The number of rotatable bonds is 1. The maximum absolute atomic E-state index is 9.18. The Balaban J connectivity index is 3.15. The van der Waals surface area contributed by atoms with Crippen LogP contribution in [0.3, 0.4) is 0 Å². The van der Waals surface area contributed by atoms with Crippen molar-refractivity contribution < 1.29 is 5.11 Å². The molecule has 2 nitrogen and oxygen atoms in total. The summed E-state index contributed by atoms with van der Waals surface area (Å²) in [5.74, 6) is 0. The van der Waals surface area contributed by atoms with Crippen molar-refractivity contribution in [3.05, 3.63) is 33.3 Å². The molecular formula is C8H5BrClNO. The van der Waals surface area contributed by atoms with Crippen LogP contribution in [0.1, 0.15) is 11.7 Å².